The molecule has 4 fully saturated rings. The maximum Gasteiger partial charge on any atom is 0.127 e. The van der Waals surface area contributed by atoms with Crippen LogP contribution in [0.3, 0.4) is 0 Å². The van der Waals surface area contributed by atoms with Gasteiger partial charge in [-0.25, -0.2) is 0 Å². The third-order valence-corrected chi connectivity index (χ3v) is 44.4. The Labute approximate surface area is 730 Å². The van der Waals surface area contributed by atoms with E-state index in [2.05, 4.69) is 215 Å². The summed E-state index contributed by atoms with van der Waals surface area (Å²) in [5, 5.41) is 0. The highest BCUT2D eigenvalue weighted by molar-refractivity contribution is 6.77. The molecule has 4 saturated carbocycles. The van der Waals surface area contributed by atoms with E-state index in [1.54, 1.807) is 55.7 Å². The fraction of sp³-hybridized carbons (Fsp3) is 0.823. The van der Waals surface area contributed by atoms with Crippen molar-refractivity contribution in [2.24, 2.45) is 29.6 Å². The first kappa shape index (κ1) is 95.4. The normalized spacial score (nSPS) is 25.5. The predicted octanol–water partition coefficient (Wildman–Crippen LogP) is 35.7. The van der Waals surface area contributed by atoms with Gasteiger partial charge >= 0.3 is 0 Å². The first-order valence-electron chi connectivity index (χ1n) is 52.5. The molecule has 0 spiro atoms. The minimum Gasteiger partial charge on any atom is -0.316 e. The maximum absolute atomic E-state index is 3.22. The quantitative estimate of drug-likeness (QED) is 0.0483. The summed E-state index contributed by atoms with van der Waals surface area (Å²) in [6.45, 7) is 59.4. The van der Waals surface area contributed by atoms with Gasteiger partial charge in [-0.15, -0.1) is 0 Å². The Morgan fingerprint density at radius 2 is 0.632 bits per heavy atom. The Balaban J connectivity index is 0.000000230. The fourth-order valence-electron chi connectivity index (χ4n) is 28.9. The number of unbranched alkanes of at least 4 members (excludes halogenated alkanes) is 28. The number of fused-ring (bicyclic) bond motifs is 10. The molecule has 117 heavy (non-hydrogen) atoms. The van der Waals surface area contributed by atoms with Crippen LogP contribution in [0.4, 0.5) is 0 Å². The summed E-state index contributed by atoms with van der Waals surface area (Å²) in [6, 6.07) is 12.9. The van der Waals surface area contributed by atoms with Crippen molar-refractivity contribution >= 4 is 27.6 Å². The van der Waals surface area contributed by atoms with Gasteiger partial charge in [0.1, 0.15) is 16.5 Å². The van der Waals surface area contributed by atoms with Crippen LogP contribution in [0.2, 0.25) is 37.3 Å². The van der Waals surface area contributed by atoms with Gasteiger partial charge < -0.3 is 9.13 Å². The summed E-state index contributed by atoms with van der Waals surface area (Å²) in [4.78, 5) is 0. The molecule has 0 heterocycles. The van der Waals surface area contributed by atoms with Gasteiger partial charge in [0.15, 0.2) is 0 Å². The van der Waals surface area contributed by atoms with Crippen molar-refractivity contribution in [3.8, 4) is 0 Å². The minimum absolute atomic E-state index is 0.165. The molecule has 2 aromatic rings. The molecule has 0 aliphatic heterocycles. The second-order valence-electron chi connectivity index (χ2n) is 48.2. The summed E-state index contributed by atoms with van der Waals surface area (Å²) < 4.78 is 6.43. The van der Waals surface area contributed by atoms with Crippen LogP contribution < -0.4 is 0 Å². The molecule has 7 atom stereocenters. The molecular formula is C113H192N2Si2. The smallest absolute Gasteiger partial charge is 0.127 e. The van der Waals surface area contributed by atoms with E-state index in [9.17, 15) is 0 Å². The van der Waals surface area contributed by atoms with Crippen molar-refractivity contribution in [2.45, 2.75) is 565 Å². The highest BCUT2D eigenvalue weighted by Crippen LogP contribution is 2.67. The first-order chi connectivity index (χ1) is 55.6. The molecule has 10 aliphatic rings. The van der Waals surface area contributed by atoms with Gasteiger partial charge in [-0.3, -0.25) is 0 Å². The molecule has 2 aromatic carbocycles. The molecule has 4 heteroatoms. The summed E-state index contributed by atoms with van der Waals surface area (Å²) in [5.41, 5.74) is 24.1. The summed E-state index contributed by atoms with van der Waals surface area (Å²) in [6.07, 6.45) is 86.2. The summed E-state index contributed by atoms with van der Waals surface area (Å²) in [7, 11) is -3.67. The van der Waals surface area contributed by atoms with Crippen LogP contribution >= 0.6 is 0 Å². The summed E-state index contributed by atoms with van der Waals surface area (Å²) in [5.74, 6) is 3.57. The van der Waals surface area contributed by atoms with E-state index in [4.69, 9.17) is 0 Å². The summed E-state index contributed by atoms with van der Waals surface area (Å²) >= 11 is 0. The van der Waals surface area contributed by atoms with Crippen molar-refractivity contribution < 1.29 is 0 Å². The number of nitrogens with zero attached hydrogens (tertiary/aromatic N) is 2. The standard InChI is InChI=1S/C57H97NSi.C56H95NSi/c1-13-15-17-19-21-23-25-30-34-57(35-31-26-24-22-20-18-16-14-2)49-40-46-44(38-43(3)53(46)59(11,12)58(54(4,5)6)45-32-28-27-29-33-45)39-47(49)48-41-51-52(42-50(48)57)56(9,10)37-36-55(51,7)8;1-12-14-16-18-20-22-24-29-35-56(36-30-25-23-21-19-17-15-13-2)48-40-45-43(33-34-52(45)58(10,11)57(53(3,4)5)44-31-27-26-28-32-44)39-46(48)47-41-50-51(42-49(47)56)55(8,9)38-37-54(50,6)7/h39-46,53H,13-38H2,1-12H3;39-45,52H,12-38H2,1-11H3. The van der Waals surface area contributed by atoms with Gasteiger partial charge in [0.2, 0.25) is 0 Å². The van der Waals surface area contributed by atoms with Gasteiger partial charge in [-0.05, 0) is 261 Å². The number of allylic oxidation sites excluding steroid dienone is 8. The molecule has 0 aromatic heterocycles. The molecule has 7 unspecified atom stereocenters. The first-order valence-corrected chi connectivity index (χ1v) is 58.5. The van der Waals surface area contributed by atoms with Crippen LogP contribution in [0.15, 0.2) is 59.7 Å². The van der Waals surface area contributed by atoms with Crippen LogP contribution in [0.5, 0.6) is 0 Å². The van der Waals surface area contributed by atoms with Crippen LogP contribution in [0.1, 0.15) is 516 Å². The van der Waals surface area contributed by atoms with Gasteiger partial charge in [0, 0.05) is 34.0 Å². The molecule has 12 rings (SSSR count). The lowest BCUT2D eigenvalue weighted by Crippen LogP contribution is -2.65. The SMILES string of the molecule is CCCCCCCCCCC1(CCCCCCCCCC)C2=CC3C(C=C2c2cc4c(cc21)C(C)(C)CCC4(C)C)CC(C)C3[Si](C)(C)N(C1CCCCC1)C(C)(C)C.CCCCCCCCCCC1(CCCCCCCCCC)C2=CC3C(C=C2c2cc4c(cc21)C(C)(C)CCC4(C)C)CCC3[Si](C)(C)N(C1CCCCC1)C(C)(C)C. The fourth-order valence-corrected chi connectivity index (χ4v) is 40.4. The molecule has 10 aliphatic carbocycles. The van der Waals surface area contributed by atoms with Gasteiger partial charge in [-0.1, -0.05) is 415 Å². The van der Waals surface area contributed by atoms with E-state index in [0.717, 1.165) is 29.1 Å². The van der Waals surface area contributed by atoms with E-state index < -0.39 is 16.5 Å². The van der Waals surface area contributed by atoms with Crippen molar-refractivity contribution in [3.05, 3.63) is 104 Å². The minimum atomic E-state index is -1.86. The maximum atomic E-state index is 3.22. The lowest BCUT2D eigenvalue weighted by Gasteiger charge is -2.56. The van der Waals surface area contributed by atoms with Crippen LogP contribution in [-0.2, 0) is 32.5 Å². The van der Waals surface area contributed by atoms with Crippen LogP contribution in [-0.4, -0.2) is 48.8 Å². The monoisotopic (exact) mass is 1630 g/mol. The Bertz CT molecular complexity index is 3540. The van der Waals surface area contributed by atoms with Gasteiger partial charge in [0.05, 0.1) is 0 Å². The van der Waals surface area contributed by atoms with Crippen LogP contribution in [0.25, 0.3) is 11.1 Å². The zero-order chi connectivity index (χ0) is 84.4. The highest BCUT2D eigenvalue weighted by Gasteiger charge is 2.60. The largest absolute Gasteiger partial charge is 0.316 e. The highest BCUT2D eigenvalue weighted by atomic mass is 28.3. The Morgan fingerprint density at radius 3 is 0.966 bits per heavy atom. The average Bonchev–Trinajstić information content (AvgIpc) is 1.54. The molecule has 0 saturated heterocycles. The lowest BCUT2D eigenvalue weighted by molar-refractivity contribution is 0.138. The Kier molecular flexibility index (Phi) is 33.5. The molecule has 0 radical (unpaired) electrons. The van der Waals surface area contributed by atoms with Gasteiger partial charge in [0.25, 0.3) is 0 Å². The molecule has 0 amide bonds. The number of rotatable bonds is 42. The topological polar surface area (TPSA) is 6.48 Å². The predicted molar refractivity (Wildman–Crippen MR) is 524 cm³/mol. The second-order valence-corrected chi connectivity index (χ2v) is 57.2. The number of hydrogen-bond donors (Lipinski definition) is 0. The van der Waals surface area contributed by atoms with E-state index >= 15 is 0 Å². The molecule has 662 valence electrons. The zero-order valence-electron chi connectivity index (χ0n) is 82.2. The number of hydrogen-bond acceptors (Lipinski definition) is 2. The van der Waals surface area contributed by atoms with E-state index in [-0.39, 0.29) is 43.6 Å². The molecule has 2 nitrogen and oxygen atoms in total. The van der Waals surface area contributed by atoms with Gasteiger partial charge in [-0.2, -0.15) is 0 Å². The average molecular weight is 1630 g/mol. The van der Waals surface area contributed by atoms with Crippen LogP contribution in [0, 0.1) is 29.6 Å². The number of benzene rings is 2. The van der Waals surface area contributed by atoms with E-state index in [1.807, 2.05) is 11.1 Å². The van der Waals surface area contributed by atoms with Crippen molar-refractivity contribution in [3.63, 3.8) is 0 Å². The zero-order valence-corrected chi connectivity index (χ0v) is 84.2. The van der Waals surface area contributed by atoms with E-state index in [0.29, 0.717) is 23.7 Å². The second kappa shape index (κ2) is 41.0. The van der Waals surface area contributed by atoms with E-state index in [1.165, 1.54) is 340 Å². The molecule has 0 N–H and O–H groups in total. The van der Waals surface area contributed by atoms with Crippen molar-refractivity contribution in [1.82, 2.24) is 9.13 Å². The third kappa shape index (κ3) is 21.6. The third-order valence-electron chi connectivity index (χ3n) is 34.7. The van der Waals surface area contributed by atoms with Crippen molar-refractivity contribution in [1.29, 1.82) is 0 Å². The Hall–Kier alpha value is -2.25. The Morgan fingerprint density at radius 1 is 0.333 bits per heavy atom. The molecule has 0 bridgehead atoms. The molecular weight excluding hydrogens is 1440 g/mol. The lowest BCUT2D eigenvalue weighted by atomic mass is 9.61. The van der Waals surface area contributed by atoms with Crippen molar-refractivity contribution in [2.75, 3.05) is 0 Å².